The molecule has 0 unspecified atom stereocenters. The molecule has 2 heterocycles. The van der Waals surface area contributed by atoms with E-state index >= 15 is 0 Å². The van der Waals surface area contributed by atoms with Gasteiger partial charge in [0, 0.05) is 0 Å². The minimum atomic E-state index is 0.972. The molecule has 61 valence electrons. The lowest BCUT2D eigenvalue weighted by molar-refractivity contribution is 1.27. The Hall–Kier alpha value is -0.190. The number of thiazole rings is 1. The minimum Gasteiger partial charge on any atom is -0.240 e. The van der Waals surface area contributed by atoms with E-state index in [2.05, 4.69) is 32.4 Å². The summed E-state index contributed by atoms with van der Waals surface area (Å²) < 4.78 is 1.14. The van der Waals surface area contributed by atoms with Crippen LogP contribution in [0.2, 0.25) is 0 Å². The zero-order chi connectivity index (χ0) is 8.55. The van der Waals surface area contributed by atoms with Crippen molar-refractivity contribution in [3.63, 3.8) is 0 Å². The number of hydrogen-bond donors (Lipinski definition) is 0. The molecular weight excluding hydrogens is 254 g/mol. The summed E-state index contributed by atoms with van der Waals surface area (Å²) in [6.07, 6.45) is 0. The molecule has 0 saturated carbocycles. The van der Waals surface area contributed by atoms with Gasteiger partial charge in [0.15, 0.2) is 0 Å². The molecule has 0 aromatic carbocycles. The second-order valence-electron chi connectivity index (χ2n) is 2.31. The van der Waals surface area contributed by atoms with Gasteiger partial charge < -0.3 is 0 Å². The lowest BCUT2D eigenvalue weighted by Gasteiger charge is -1.85. The van der Waals surface area contributed by atoms with E-state index in [1.54, 1.807) is 22.7 Å². The molecule has 0 aliphatic rings. The van der Waals surface area contributed by atoms with Crippen molar-refractivity contribution in [1.82, 2.24) is 4.98 Å². The summed E-state index contributed by atoms with van der Waals surface area (Å²) in [7, 11) is 0. The Morgan fingerprint density at radius 3 is 2.83 bits per heavy atom. The van der Waals surface area contributed by atoms with E-state index < -0.39 is 0 Å². The van der Waals surface area contributed by atoms with Crippen LogP contribution in [-0.2, 0) is 0 Å². The molecule has 0 amide bonds. The van der Waals surface area contributed by atoms with E-state index in [-0.39, 0.29) is 0 Å². The first-order valence-electron chi connectivity index (χ1n) is 3.36. The zero-order valence-electron chi connectivity index (χ0n) is 6.30. The van der Waals surface area contributed by atoms with Crippen LogP contribution < -0.4 is 0 Å². The molecule has 0 N–H and O–H groups in total. The van der Waals surface area contributed by atoms with Crippen molar-refractivity contribution in [2.75, 3.05) is 0 Å². The van der Waals surface area contributed by atoms with Crippen molar-refractivity contribution >= 4 is 38.6 Å². The Labute approximate surface area is 87.2 Å². The van der Waals surface area contributed by atoms with Gasteiger partial charge in [-0.1, -0.05) is 0 Å². The van der Waals surface area contributed by atoms with Crippen molar-refractivity contribution in [3.05, 3.63) is 27.0 Å². The van der Waals surface area contributed by atoms with Crippen molar-refractivity contribution in [2.24, 2.45) is 0 Å². The first-order valence-corrected chi connectivity index (χ1v) is 5.79. The van der Waals surface area contributed by atoms with Gasteiger partial charge in [-0.2, -0.15) is 0 Å². The van der Waals surface area contributed by atoms with Gasteiger partial charge in [-0.25, -0.2) is 4.98 Å². The van der Waals surface area contributed by atoms with Crippen LogP contribution in [0.5, 0.6) is 0 Å². The van der Waals surface area contributed by atoms with Crippen LogP contribution in [0.15, 0.2) is 15.9 Å². The molecule has 2 aromatic rings. The monoisotopic (exact) mass is 258 g/mol. The van der Waals surface area contributed by atoms with Crippen molar-refractivity contribution in [3.8, 4) is 9.88 Å². The molecular formula is C8H5BrNS2. The van der Waals surface area contributed by atoms with Gasteiger partial charge in [0.1, 0.15) is 5.01 Å². The van der Waals surface area contributed by atoms with Crippen LogP contribution in [0.25, 0.3) is 9.88 Å². The summed E-state index contributed by atoms with van der Waals surface area (Å²) in [5.41, 5.74) is 0.972. The fraction of sp³-hybridized carbons (Fsp3) is 0.125. The fourth-order valence-corrected chi connectivity index (χ4v) is 3.02. The SMILES string of the molecule is Cc1[c]sc(-c2ccc(Br)s2)n1. The number of aryl methyl sites for hydroxylation is 1. The molecule has 0 aliphatic carbocycles. The second kappa shape index (κ2) is 3.28. The molecule has 0 atom stereocenters. The summed E-state index contributed by atoms with van der Waals surface area (Å²) in [5, 5.41) is 4.16. The normalized spacial score (nSPS) is 10.5. The van der Waals surface area contributed by atoms with E-state index in [4.69, 9.17) is 0 Å². The van der Waals surface area contributed by atoms with E-state index in [0.29, 0.717) is 0 Å². The smallest absolute Gasteiger partial charge is 0.134 e. The predicted molar refractivity (Wildman–Crippen MR) is 56.7 cm³/mol. The third kappa shape index (κ3) is 1.60. The van der Waals surface area contributed by atoms with Crippen molar-refractivity contribution in [1.29, 1.82) is 0 Å². The molecule has 0 saturated heterocycles. The highest BCUT2D eigenvalue weighted by atomic mass is 79.9. The molecule has 0 bridgehead atoms. The fourth-order valence-electron chi connectivity index (χ4n) is 0.855. The van der Waals surface area contributed by atoms with Gasteiger partial charge in [-0.3, -0.25) is 0 Å². The maximum absolute atomic E-state index is 4.35. The molecule has 1 nitrogen and oxygen atoms in total. The van der Waals surface area contributed by atoms with Crippen LogP contribution in [0.4, 0.5) is 0 Å². The molecule has 2 aromatic heterocycles. The van der Waals surface area contributed by atoms with Crippen LogP contribution in [0.1, 0.15) is 5.69 Å². The Morgan fingerprint density at radius 1 is 1.50 bits per heavy atom. The van der Waals surface area contributed by atoms with Gasteiger partial charge in [-0.15, -0.1) is 22.7 Å². The van der Waals surface area contributed by atoms with Crippen LogP contribution in [0, 0.1) is 12.3 Å². The average Bonchev–Trinajstić information content (AvgIpc) is 2.58. The van der Waals surface area contributed by atoms with Crippen LogP contribution in [-0.4, -0.2) is 4.98 Å². The van der Waals surface area contributed by atoms with E-state index in [0.717, 1.165) is 14.5 Å². The number of thiophene rings is 1. The Balaban J connectivity index is 2.43. The number of hydrogen-bond acceptors (Lipinski definition) is 3. The lowest BCUT2D eigenvalue weighted by atomic mass is 10.5. The summed E-state index contributed by atoms with van der Waals surface area (Å²) in [6.45, 7) is 1.96. The quantitative estimate of drug-likeness (QED) is 0.760. The van der Waals surface area contributed by atoms with Gasteiger partial charge >= 0.3 is 0 Å². The third-order valence-corrected chi connectivity index (χ3v) is 4.01. The van der Waals surface area contributed by atoms with Gasteiger partial charge in [0.2, 0.25) is 0 Å². The number of aromatic nitrogens is 1. The molecule has 1 radical (unpaired) electrons. The largest absolute Gasteiger partial charge is 0.240 e. The van der Waals surface area contributed by atoms with Crippen LogP contribution >= 0.6 is 38.6 Å². The Morgan fingerprint density at radius 2 is 2.33 bits per heavy atom. The summed E-state index contributed by atoms with van der Waals surface area (Å²) >= 11 is 6.69. The van der Waals surface area contributed by atoms with Gasteiger partial charge in [-0.05, 0) is 35.0 Å². The molecule has 0 aliphatic heterocycles. The topological polar surface area (TPSA) is 12.9 Å². The third-order valence-electron chi connectivity index (χ3n) is 1.35. The van der Waals surface area contributed by atoms with Crippen molar-refractivity contribution in [2.45, 2.75) is 6.92 Å². The van der Waals surface area contributed by atoms with E-state index in [9.17, 15) is 0 Å². The number of rotatable bonds is 1. The maximum atomic E-state index is 4.35. The maximum Gasteiger partial charge on any atom is 0.134 e. The standard InChI is InChI=1S/C8H5BrNS2/c1-5-4-11-8(10-5)6-2-3-7(9)12-6/h2-3H,1H3. The second-order valence-corrected chi connectivity index (χ2v) is 5.57. The summed E-state index contributed by atoms with van der Waals surface area (Å²) in [4.78, 5) is 5.55. The van der Waals surface area contributed by atoms with Crippen LogP contribution in [0.3, 0.4) is 0 Å². The van der Waals surface area contributed by atoms with Gasteiger partial charge in [0.25, 0.3) is 0 Å². The number of nitrogens with zero attached hydrogens (tertiary/aromatic N) is 1. The summed E-state index contributed by atoms with van der Waals surface area (Å²) in [6, 6.07) is 4.11. The molecule has 0 spiro atoms. The first kappa shape index (κ1) is 8.41. The first-order chi connectivity index (χ1) is 5.75. The highest BCUT2D eigenvalue weighted by Crippen LogP contribution is 2.32. The molecule has 0 fully saturated rings. The van der Waals surface area contributed by atoms with E-state index in [1.165, 1.54) is 4.88 Å². The Kier molecular flexibility index (Phi) is 2.30. The highest BCUT2D eigenvalue weighted by Gasteiger charge is 2.04. The van der Waals surface area contributed by atoms with E-state index in [1.807, 2.05) is 13.0 Å². The predicted octanol–water partition coefficient (Wildman–Crippen LogP) is 3.74. The average molecular weight is 259 g/mol. The Bertz CT molecular complexity index is 353. The molecule has 4 heteroatoms. The molecule has 12 heavy (non-hydrogen) atoms. The van der Waals surface area contributed by atoms with Crippen molar-refractivity contribution < 1.29 is 0 Å². The van der Waals surface area contributed by atoms with Gasteiger partial charge in [0.05, 0.1) is 19.7 Å². The molecule has 2 rings (SSSR count). The number of halogens is 1. The highest BCUT2D eigenvalue weighted by molar-refractivity contribution is 9.11. The zero-order valence-corrected chi connectivity index (χ0v) is 9.52. The summed E-state index contributed by atoms with van der Waals surface area (Å²) in [5.74, 6) is 0. The lowest BCUT2D eigenvalue weighted by Crippen LogP contribution is -1.69. The minimum absolute atomic E-state index is 0.972.